The van der Waals surface area contributed by atoms with Crippen LogP contribution in [0.5, 0.6) is 11.6 Å². The van der Waals surface area contributed by atoms with Crippen LogP contribution in [0.1, 0.15) is 0 Å². The molecule has 0 saturated heterocycles. The topological polar surface area (TPSA) is 104 Å². The highest BCUT2D eigenvalue weighted by Crippen LogP contribution is 2.28. The van der Waals surface area contributed by atoms with Crippen LogP contribution in [0, 0.1) is 0 Å². The SMILES string of the molecule is Nc1ccc(-c2nc(Oc3ccc(-c4ccccn4)cc3)cc3ncnn23)o1. The van der Waals surface area contributed by atoms with E-state index in [1.807, 2.05) is 42.5 Å². The third-order valence-corrected chi connectivity index (χ3v) is 4.13. The summed E-state index contributed by atoms with van der Waals surface area (Å²) in [5, 5.41) is 4.18. The number of ether oxygens (including phenoxy) is 1. The van der Waals surface area contributed by atoms with Gasteiger partial charge in [-0.1, -0.05) is 6.07 Å². The van der Waals surface area contributed by atoms with Crippen LogP contribution in [0.2, 0.25) is 0 Å². The number of benzene rings is 1. The van der Waals surface area contributed by atoms with Crippen LogP contribution in [0.15, 0.2) is 77.6 Å². The molecule has 4 heterocycles. The molecule has 0 aliphatic heterocycles. The van der Waals surface area contributed by atoms with Crippen molar-refractivity contribution in [3.63, 3.8) is 0 Å². The zero-order valence-corrected chi connectivity index (χ0v) is 14.6. The number of nitrogen functional groups attached to an aromatic ring is 1. The normalized spacial score (nSPS) is 11.0. The second-order valence-corrected chi connectivity index (χ2v) is 5.99. The van der Waals surface area contributed by atoms with Gasteiger partial charge in [0.1, 0.15) is 12.1 Å². The maximum absolute atomic E-state index is 5.93. The molecule has 28 heavy (non-hydrogen) atoms. The Kier molecular flexibility index (Phi) is 3.72. The first kappa shape index (κ1) is 16.0. The second-order valence-electron chi connectivity index (χ2n) is 5.99. The minimum atomic E-state index is 0.293. The van der Waals surface area contributed by atoms with E-state index in [0.29, 0.717) is 34.7 Å². The van der Waals surface area contributed by atoms with E-state index in [4.69, 9.17) is 14.9 Å². The van der Waals surface area contributed by atoms with E-state index in [0.717, 1.165) is 11.3 Å². The molecular weight excluding hydrogens is 356 g/mol. The van der Waals surface area contributed by atoms with Gasteiger partial charge in [-0.05, 0) is 42.5 Å². The Hall–Kier alpha value is -4.20. The lowest BCUT2D eigenvalue weighted by atomic mass is 10.1. The number of aromatic nitrogens is 5. The number of furan rings is 1. The Balaban J connectivity index is 1.48. The molecule has 0 saturated carbocycles. The smallest absolute Gasteiger partial charge is 0.225 e. The molecule has 0 amide bonds. The van der Waals surface area contributed by atoms with E-state index in [2.05, 4.69) is 20.1 Å². The van der Waals surface area contributed by atoms with Gasteiger partial charge in [-0.2, -0.15) is 14.6 Å². The van der Waals surface area contributed by atoms with E-state index >= 15 is 0 Å². The second kappa shape index (κ2) is 6.51. The predicted octanol–water partition coefficient (Wildman–Crippen LogP) is 3.82. The van der Waals surface area contributed by atoms with Gasteiger partial charge in [0.05, 0.1) is 5.69 Å². The summed E-state index contributed by atoms with van der Waals surface area (Å²) in [5.41, 5.74) is 8.16. The van der Waals surface area contributed by atoms with Crippen LogP contribution >= 0.6 is 0 Å². The Morgan fingerprint density at radius 1 is 0.964 bits per heavy atom. The summed E-state index contributed by atoms with van der Waals surface area (Å²) in [7, 11) is 0. The number of rotatable bonds is 4. The summed E-state index contributed by atoms with van der Waals surface area (Å²) in [6, 6.07) is 18.5. The van der Waals surface area contributed by atoms with Gasteiger partial charge in [0.15, 0.2) is 17.3 Å². The average Bonchev–Trinajstić information content (AvgIpc) is 3.37. The highest BCUT2D eigenvalue weighted by Gasteiger charge is 2.14. The zero-order chi connectivity index (χ0) is 18.9. The number of nitrogens with two attached hydrogens (primary N) is 1. The lowest BCUT2D eigenvalue weighted by Gasteiger charge is -2.08. The van der Waals surface area contributed by atoms with Gasteiger partial charge in [0.2, 0.25) is 11.7 Å². The van der Waals surface area contributed by atoms with Crippen molar-refractivity contribution in [1.29, 1.82) is 0 Å². The van der Waals surface area contributed by atoms with E-state index in [-0.39, 0.29) is 0 Å². The number of anilines is 1. The van der Waals surface area contributed by atoms with Gasteiger partial charge in [0.25, 0.3) is 0 Å². The number of nitrogens with zero attached hydrogens (tertiary/aromatic N) is 5. The van der Waals surface area contributed by atoms with Crippen molar-refractivity contribution >= 4 is 11.5 Å². The first-order chi connectivity index (χ1) is 13.8. The maximum Gasteiger partial charge on any atom is 0.225 e. The maximum atomic E-state index is 5.93. The lowest BCUT2D eigenvalue weighted by molar-refractivity contribution is 0.461. The van der Waals surface area contributed by atoms with Crippen molar-refractivity contribution in [2.24, 2.45) is 0 Å². The Morgan fingerprint density at radius 3 is 2.61 bits per heavy atom. The molecule has 0 unspecified atom stereocenters. The molecule has 2 N–H and O–H groups in total. The minimum Gasteiger partial charge on any atom is -0.439 e. The molecule has 5 aromatic rings. The molecule has 5 rings (SSSR count). The molecule has 8 nitrogen and oxygen atoms in total. The van der Waals surface area contributed by atoms with Crippen LogP contribution in [0.4, 0.5) is 5.88 Å². The van der Waals surface area contributed by atoms with E-state index in [9.17, 15) is 0 Å². The third-order valence-electron chi connectivity index (χ3n) is 4.13. The zero-order valence-electron chi connectivity index (χ0n) is 14.6. The van der Waals surface area contributed by atoms with Crippen LogP contribution < -0.4 is 10.5 Å². The summed E-state index contributed by atoms with van der Waals surface area (Å²) in [5.74, 6) is 2.23. The molecule has 4 aromatic heterocycles. The summed E-state index contributed by atoms with van der Waals surface area (Å²) >= 11 is 0. The number of fused-ring (bicyclic) bond motifs is 1. The van der Waals surface area contributed by atoms with Crippen LogP contribution in [0.3, 0.4) is 0 Å². The van der Waals surface area contributed by atoms with Crippen LogP contribution in [-0.4, -0.2) is 24.6 Å². The fourth-order valence-corrected chi connectivity index (χ4v) is 2.84. The molecule has 0 spiro atoms. The molecule has 1 aromatic carbocycles. The molecule has 0 atom stereocenters. The van der Waals surface area contributed by atoms with E-state index < -0.39 is 0 Å². The standard InChI is InChI=1S/C20H14N6O2/c21-17-9-8-16(28-17)20-25-19(11-18-23-12-24-26(18)20)27-14-6-4-13(5-7-14)15-3-1-2-10-22-15/h1-12H,21H2. The number of hydrogen-bond donors (Lipinski definition) is 1. The minimum absolute atomic E-state index is 0.293. The van der Waals surface area contributed by atoms with Crippen molar-refractivity contribution in [2.45, 2.75) is 0 Å². The molecule has 0 fully saturated rings. The van der Waals surface area contributed by atoms with Gasteiger partial charge in [-0.3, -0.25) is 4.98 Å². The summed E-state index contributed by atoms with van der Waals surface area (Å²) in [6.45, 7) is 0. The molecule has 8 heteroatoms. The lowest BCUT2D eigenvalue weighted by Crippen LogP contribution is -1.99. The van der Waals surface area contributed by atoms with E-state index in [1.165, 1.54) is 6.33 Å². The Labute approximate surface area is 159 Å². The van der Waals surface area contributed by atoms with Gasteiger partial charge in [-0.25, -0.2) is 4.98 Å². The van der Waals surface area contributed by atoms with Crippen LogP contribution in [0.25, 0.3) is 28.5 Å². The van der Waals surface area contributed by atoms with Gasteiger partial charge >= 0.3 is 0 Å². The molecule has 0 aliphatic carbocycles. The molecule has 0 aliphatic rings. The van der Waals surface area contributed by atoms with Gasteiger partial charge in [0, 0.05) is 23.9 Å². The van der Waals surface area contributed by atoms with E-state index in [1.54, 1.807) is 28.9 Å². The predicted molar refractivity (Wildman–Crippen MR) is 103 cm³/mol. The molecular formula is C20H14N6O2. The van der Waals surface area contributed by atoms with Crippen LogP contribution in [-0.2, 0) is 0 Å². The molecule has 0 radical (unpaired) electrons. The van der Waals surface area contributed by atoms with Crippen molar-refractivity contribution in [3.8, 4) is 34.5 Å². The van der Waals surface area contributed by atoms with Crippen molar-refractivity contribution in [1.82, 2.24) is 24.6 Å². The fourth-order valence-electron chi connectivity index (χ4n) is 2.84. The molecule has 136 valence electrons. The van der Waals surface area contributed by atoms with Gasteiger partial charge < -0.3 is 14.9 Å². The Morgan fingerprint density at radius 2 is 1.86 bits per heavy atom. The first-order valence-corrected chi connectivity index (χ1v) is 8.52. The highest BCUT2D eigenvalue weighted by atomic mass is 16.5. The van der Waals surface area contributed by atoms with Crippen molar-refractivity contribution in [3.05, 3.63) is 73.2 Å². The number of pyridine rings is 1. The first-order valence-electron chi connectivity index (χ1n) is 8.52. The summed E-state index contributed by atoms with van der Waals surface area (Å²) in [4.78, 5) is 13.1. The number of hydrogen-bond acceptors (Lipinski definition) is 7. The third kappa shape index (κ3) is 2.92. The largest absolute Gasteiger partial charge is 0.439 e. The average molecular weight is 370 g/mol. The molecule has 0 bridgehead atoms. The quantitative estimate of drug-likeness (QED) is 0.513. The summed E-state index contributed by atoms with van der Waals surface area (Å²) in [6.07, 6.45) is 3.21. The fraction of sp³-hybridized carbons (Fsp3) is 0. The van der Waals surface area contributed by atoms with Crippen molar-refractivity contribution < 1.29 is 9.15 Å². The Bertz CT molecular complexity index is 1240. The summed E-state index contributed by atoms with van der Waals surface area (Å²) < 4.78 is 13.0. The monoisotopic (exact) mass is 370 g/mol. The van der Waals surface area contributed by atoms with Gasteiger partial charge in [-0.15, -0.1) is 0 Å². The van der Waals surface area contributed by atoms with Crippen molar-refractivity contribution in [2.75, 3.05) is 5.73 Å². The highest BCUT2D eigenvalue weighted by molar-refractivity contribution is 5.60.